The maximum atomic E-state index is 11.5. The summed E-state index contributed by atoms with van der Waals surface area (Å²) in [6.45, 7) is 8.49. The molecule has 5 nitrogen and oxygen atoms in total. The largest absolute Gasteiger partial charge is 0.489 e. The summed E-state index contributed by atoms with van der Waals surface area (Å²) in [4.78, 5) is 11.5. The minimum atomic E-state index is -0.737. The standard InChI is InChI=1S/C36H42O5/c1-35(2)16-6-11-33(35)32-19-24(12-15-30(32)26-7-4-9-28(20-26)36(3)40-17-18-41-36)23-39-29-10-5-8-27(21-29)31(22-34(37)38)25-13-14-25/h4-5,7-10,12,15,19-21,25,31,33H,6,11,13-14,16-18,22-23H2,1-3H3,(H,37,38)/t31-,33+/m1/s1. The number of hydrogen-bond donors (Lipinski definition) is 1. The fourth-order valence-corrected chi connectivity index (χ4v) is 7.05. The molecular formula is C36H42O5. The van der Waals surface area contributed by atoms with Crippen LogP contribution in [-0.4, -0.2) is 24.3 Å². The van der Waals surface area contributed by atoms with Gasteiger partial charge in [0, 0.05) is 5.56 Å². The second-order valence-electron chi connectivity index (χ2n) is 13.0. The molecule has 0 unspecified atom stereocenters. The third-order valence-electron chi connectivity index (χ3n) is 9.56. The van der Waals surface area contributed by atoms with E-state index in [0.717, 1.165) is 35.3 Å². The molecule has 1 N–H and O–H groups in total. The summed E-state index contributed by atoms with van der Waals surface area (Å²) in [5.74, 6) is 0.355. The van der Waals surface area contributed by atoms with Gasteiger partial charge < -0.3 is 19.3 Å². The normalized spacial score (nSPS) is 22.0. The molecule has 0 spiro atoms. The summed E-state index contributed by atoms with van der Waals surface area (Å²) >= 11 is 0. The summed E-state index contributed by atoms with van der Waals surface area (Å²) in [7, 11) is 0. The van der Waals surface area contributed by atoms with Crippen LogP contribution in [0.15, 0.2) is 66.7 Å². The van der Waals surface area contributed by atoms with Crippen LogP contribution in [0.2, 0.25) is 0 Å². The Labute approximate surface area is 243 Å². The van der Waals surface area contributed by atoms with Crippen LogP contribution in [0.25, 0.3) is 11.1 Å². The van der Waals surface area contributed by atoms with Gasteiger partial charge in [0.25, 0.3) is 0 Å². The molecule has 0 aromatic heterocycles. The summed E-state index contributed by atoms with van der Waals surface area (Å²) in [6.07, 6.45) is 6.04. The third kappa shape index (κ3) is 6.07. The average molecular weight is 555 g/mol. The van der Waals surface area contributed by atoms with Gasteiger partial charge in [0.1, 0.15) is 12.4 Å². The Morgan fingerprint density at radius 1 is 0.976 bits per heavy atom. The third-order valence-corrected chi connectivity index (χ3v) is 9.56. The average Bonchev–Trinajstić information content (AvgIpc) is 3.61. The van der Waals surface area contributed by atoms with E-state index in [2.05, 4.69) is 56.3 Å². The monoisotopic (exact) mass is 554 g/mol. The highest BCUT2D eigenvalue weighted by Crippen LogP contribution is 2.51. The number of ether oxygens (including phenoxy) is 3. The molecule has 0 bridgehead atoms. The molecule has 1 aliphatic heterocycles. The van der Waals surface area contributed by atoms with E-state index in [4.69, 9.17) is 14.2 Å². The van der Waals surface area contributed by atoms with E-state index in [1.54, 1.807) is 0 Å². The second-order valence-corrected chi connectivity index (χ2v) is 13.0. The van der Waals surface area contributed by atoms with Gasteiger partial charge in [0.2, 0.25) is 0 Å². The number of carbonyl (C=O) groups is 1. The Bertz CT molecular complexity index is 1400. The molecule has 3 aromatic rings. The first-order valence-electron chi connectivity index (χ1n) is 15.2. The highest BCUT2D eigenvalue weighted by atomic mass is 16.7. The number of carboxylic acid groups (broad SMARTS) is 1. The van der Waals surface area contributed by atoms with E-state index >= 15 is 0 Å². The lowest BCUT2D eigenvalue weighted by Gasteiger charge is -2.30. The van der Waals surface area contributed by atoms with E-state index in [1.807, 2.05) is 31.2 Å². The van der Waals surface area contributed by atoms with E-state index in [9.17, 15) is 9.90 Å². The first kappa shape index (κ1) is 28.0. The zero-order valence-corrected chi connectivity index (χ0v) is 24.5. The Balaban J connectivity index is 1.28. The maximum Gasteiger partial charge on any atom is 0.303 e. The topological polar surface area (TPSA) is 65.0 Å². The molecule has 2 saturated carbocycles. The van der Waals surface area contributed by atoms with E-state index in [0.29, 0.717) is 31.7 Å². The molecule has 2 aliphatic carbocycles. The predicted octanol–water partition coefficient (Wildman–Crippen LogP) is 8.41. The van der Waals surface area contributed by atoms with Crippen molar-refractivity contribution in [2.75, 3.05) is 13.2 Å². The Morgan fingerprint density at radius 3 is 2.46 bits per heavy atom. The van der Waals surface area contributed by atoms with Gasteiger partial charge in [0.15, 0.2) is 5.79 Å². The highest BCUT2D eigenvalue weighted by molar-refractivity contribution is 5.70. The second kappa shape index (κ2) is 11.3. The lowest BCUT2D eigenvalue weighted by molar-refractivity contribution is -0.149. The number of rotatable bonds is 10. The van der Waals surface area contributed by atoms with Crippen LogP contribution in [0, 0.1) is 11.3 Å². The van der Waals surface area contributed by atoms with Crippen LogP contribution in [0.1, 0.15) is 93.4 Å². The summed E-state index contributed by atoms with van der Waals surface area (Å²) in [5.41, 5.74) is 7.32. The summed E-state index contributed by atoms with van der Waals surface area (Å²) < 4.78 is 18.3. The number of carboxylic acids is 1. The first-order valence-corrected chi connectivity index (χ1v) is 15.2. The number of hydrogen-bond acceptors (Lipinski definition) is 4. The van der Waals surface area contributed by atoms with Crippen molar-refractivity contribution in [3.8, 4) is 16.9 Å². The van der Waals surface area contributed by atoms with Gasteiger partial charge in [-0.2, -0.15) is 0 Å². The van der Waals surface area contributed by atoms with E-state index in [-0.39, 0.29) is 17.8 Å². The molecular weight excluding hydrogens is 512 g/mol. The molecule has 5 heteroatoms. The quantitative estimate of drug-likeness (QED) is 0.273. The molecule has 41 heavy (non-hydrogen) atoms. The van der Waals surface area contributed by atoms with Crippen molar-refractivity contribution in [3.63, 3.8) is 0 Å². The Kier molecular flexibility index (Phi) is 7.69. The fourth-order valence-electron chi connectivity index (χ4n) is 7.05. The molecule has 3 aliphatic rings. The van der Waals surface area contributed by atoms with Crippen molar-refractivity contribution in [3.05, 3.63) is 89.0 Å². The van der Waals surface area contributed by atoms with E-state index in [1.165, 1.54) is 36.0 Å². The summed E-state index contributed by atoms with van der Waals surface area (Å²) in [6, 6.07) is 23.5. The van der Waals surface area contributed by atoms with Crippen molar-refractivity contribution in [1.82, 2.24) is 0 Å². The lowest BCUT2D eigenvalue weighted by atomic mass is 9.75. The Morgan fingerprint density at radius 2 is 1.76 bits per heavy atom. The predicted molar refractivity (Wildman–Crippen MR) is 160 cm³/mol. The van der Waals surface area contributed by atoms with Crippen molar-refractivity contribution in [2.24, 2.45) is 11.3 Å². The molecule has 2 atom stereocenters. The van der Waals surface area contributed by atoms with Crippen molar-refractivity contribution in [2.45, 2.75) is 83.5 Å². The van der Waals surface area contributed by atoms with Crippen LogP contribution in [-0.2, 0) is 26.7 Å². The van der Waals surface area contributed by atoms with Gasteiger partial charge in [-0.1, -0.05) is 68.8 Å². The smallest absolute Gasteiger partial charge is 0.303 e. The van der Waals surface area contributed by atoms with Gasteiger partial charge in [-0.05, 0) is 102 Å². The minimum Gasteiger partial charge on any atom is -0.489 e. The van der Waals surface area contributed by atoms with Crippen LogP contribution < -0.4 is 4.74 Å². The van der Waals surface area contributed by atoms with Crippen LogP contribution >= 0.6 is 0 Å². The molecule has 3 fully saturated rings. The van der Waals surface area contributed by atoms with E-state index < -0.39 is 11.8 Å². The zero-order chi connectivity index (χ0) is 28.6. The van der Waals surface area contributed by atoms with Crippen molar-refractivity contribution < 1.29 is 24.1 Å². The SMILES string of the molecule is CC1(c2cccc(-c3ccc(COc4cccc([C@H](CC(=O)O)C5CC5)c4)cc3[C@@H]3CCCC3(C)C)c2)OCCO1. The molecule has 216 valence electrons. The highest BCUT2D eigenvalue weighted by Gasteiger charge is 2.38. The first-order chi connectivity index (χ1) is 19.7. The van der Waals surface area contributed by atoms with Crippen molar-refractivity contribution >= 4 is 5.97 Å². The summed E-state index contributed by atoms with van der Waals surface area (Å²) in [5, 5.41) is 9.44. The molecule has 1 heterocycles. The molecule has 1 saturated heterocycles. The molecule has 6 rings (SSSR count). The molecule has 0 radical (unpaired) electrons. The van der Waals surface area contributed by atoms with Crippen LogP contribution in [0.3, 0.4) is 0 Å². The van der Waals surface area contributed by atoms with Gasteiger partial charge in [-0.25, -0.2) is 0 Å². The van der Waals surface area contributed by atoms with Gasteiger partial charge in [-0.15, -0.1) is 0 Å². The lowest BCUT2D eigenvalue weighted by Crippen LogP contribution is -2.22. The van der Waals surface area contributed by atoms with Crippen LogP contribution in [0.5, 0.6) is 5.75 Å². The minimum absolute atomic E-state index is 0.0598. The zero-order valence-electron chi connectivity index (χ0n) is 24.5. The van der Waals surface area contributed by atoms with Crippen LogP contribution in [0.4, 0.5) is 0 Å². The van der Waals surface area contributed by atoms with Gasteiger partial charge in [-0.3, -0.25) is 4.79 Å². The van der Waals surface area contributed by atoms with Gasteiger partial charge in [0.05, 0.1) is 19.6 Å². The van der Waals surface area contributed by atoms with Crippen molar-refractivity contribution in [1.29, 1.82) is 0 Å². The maximum absolute atomic E-state index is 11.5. The van der Waals surface area contributed by atoms with Gasteiger partial charge >= 0.3 is 5.97 Å². The molecule has 3 aromatic carbocycles. The Hall–Kier alpha value is -3.15. The molecule has 0 amide bonds. The fraction of sp³-hybridized carbons (Fsp3) is 0.472. The number of benzene rings is 3. The number of aliphatic carboxylic acids is 1.